The Morgan fingerprint density at radius 2 is 2.31 bits per heavy atom. The van der Waals surface area contributed by atoms with Crippen LogP contribution >= 0.6 is 15.9 Å². The molecule has 2 amide bonds. The average molecular weight is 244 g/mol. The summed E-state index contributed by atoms with van der Waals surface area (Å²) < 4.78 is 0.433. The minimum Gasteiger partial charge on any atom is -0.366 e. The highest BCUT2D eigenvalue weighted by atomic mass is 79.9. The molecule has 1 rings (SSSR count). The van der Waals surface area contributed by atoms with E-state index in [2.05, 4.69) is 26.2 Å². The summed E-state index contributed by atoms with van der Waals surface area (Å²) in [5.41, 5.74) is 5.69. The van der Waals surface area contributed by atoms with Crippen molar-refractivity contribution in [1.82, 2.24) is 4.98 Å². The minimum atomic E-state index is -0.603. The number of aromatic nitrogens is 1. The third-order valence-corrected chi connectivity index (χ3v) is 2.21. The Hall–Kier alpha value is -1.43. The number of rotatable bonds is 3. The van der Waals surface area contributed by atoms with Gasteiger partial charge in [-0.15, -0.1) is 0 Å². The minimum absolute atomic E-state index is 0.229. The monoisotopic (exact) mass is 243 g/mol. The number of carbonyl (C=O) groups excluding carboxylic acids is 2. The Balaban J connectivity index is 3.17. The van der Waals surface area contributed by atoms with Crippen molar-refractivity contribution >= 4 is 33.9 Å². The molecule has 68 valence electrons. The fourth-order valence-electron chi connectivity index (χ4n) is 0.781. The van der Waals surface area contributed by atoms with E-state index in [1.807, 2.05) is 0 Å². The molecule has 0 aromatic carbocycles. The Kier molecular flexibility index (Phi) is 2.97. The molecule has 0 bridgehead atoms. The van der Waals surface area contributed by atoms with Crippen LogP contribution < -0.4 is 11.1 Å². The Labute approximate surface area is 82.5 Å². The quantitative estimate of drug-likeness (QED) is 0.759. The normalized spacial score (nSPS) is 9.31. The third kappa shape index (κ3) is 2.03. The number of halogens is 1. The summed E-state index contributed by atoms with van der Waals surface area (Å²) in [5.74, 6) is -0.603. The first kappa shape index (κ1) is 9.66. The summed E-state index contributed by atoms with van der Waals surface area (Å²) in [5, 5.41) is 2.37. The van der Waals surface area contributed by atoms with Crippen LogP contribution in [-0.2, 0) is 4.79 Å². The van der Waals surface area contributed by atoms with Gasteiger partial charge in [-0.05, 0) is 15.9 Å². The standard InChI is InChI=1S/C7H6BrN3O2/c8-6-4(7(9)13)1-10-2-5(6)11-3-12/h1-3H,(H2,9,13)(H,11,12). The van der Waals surface area contributed by atoms with Gasteiger partial charge in [-0.3, -0.25) is 14.6 Å². The molecule has 0 fully saturated rings. The molecule has 5 nitrogen and oxygen atoms in total. The van der Waals surface area contributed by atoms with Gasteiger partial charge in [-0.1, -0.05) is 0 Å². The lowest BCUT2D eigenvalue weighted by molar-refractivity contribution is -0.105. The van der Waals surface area contributed by atoms with Crippen molar-refractivity contribution < 1.29 is 9.59 Å². The number of anilines is 1. The van der Waals surface area contributed by atoms with Crippen molar-refractivity contribution in [1.29, 1.82) is 0 Å². The summed E-state index contributed by atoms with van der Waals surface area (Å²) >= 11 is 3.12. The van der Waals surface area contributed by atoms with E-state index in [0.29, 0.717) is 16.6 Å². The molecule has 0 atom stereocenters. The number of primary amides is 1. The summed E-state index contributed by atoms with van der Waals surface area (Å²) in [6.45, 7) is 0. The predicted molar refractivity (Wildman–Crippen MR) is 50.1 cm³/mol. The molecule has 13 heavy (non-hydrogen) atoms. The molecule has 0 spiro atoms. The van der Waals surface area contributed by atoms with Gasteiger partial charge in [-0.25, -0.2) is 0 Å². The van der Waals surface area contributed by atoms with E-state index in [4.69, 9.17) is 5.73 Å². The molecule has 6 heteroatoms. The van der Waals surface area contributed by atoms with Crippen LogP contribution in [0.1, 0.15) is 10.4 Å². The van der Waals surface area contributed by atoms with Crippen LogP contribution in [0.25, 0.3) is 0 Å². The fraction of sp³-hybridized carbons (Fsp3) is 0. The molecule has 0 aliphatic rings. The molecule has 0 unspecified atom stereocenters. The van der Waals surface area contributed by atoms with Crippen LogP contribution in [-0.4, -0.2) is 17.3 Å². The van der Waals surface area contributed by atoms with Gasteiger partial charge in [0.15, 0.2) is 0 Å². The first-order valence-electron chi connectivity index (χ1n) is 3.30. The van der Waals surface area contributed by atoms with Crippen molar-refractivity contribution in [3.05, 3.63) is 22.4 Å². The van der Waals surface area contributed by atoms with Gasteiger partial charge in [0, 0.05) is 6.20 Å². The second-order valence-electron chi connectivity index (χ2n) is 2.18. The highest BCUT2D eigenvalue weighted by Crippen LogP contribution is 2.24. The fourth-order valence-corrected chi connectivity index (χ4v) is 1.30. The van der Waals surface area contributed by atoms with Crippen molar-refractivity contribution in [3.8, 4) is 0 Å². The lowest BCUT2D eigenvalue weighted by Gasteiger charge is -2.04. The van der Waals surface area contributed by atoms with Crippen LogP contribution in [0.15, 0.2) is 16.9 Å². The second-order valence-corrected chi connectivity index (χ2v) is 2.97. The zero-order chi connectivity index (χ0) is 9.84. The molecule has 1 aromatic heterocycles. The zero-order valence-corrected chi connectivity index (χ0v) is 8.04. The van der Waals surface area contributed by atoms with Crippen molar-refractivity contribution in [2.45, 2.75) is 0 Å². The SMILES string of the molecule is NC(=O)c1cncc(NC=O)c1Br. The van der Waals surface area contributed by atoms with Gasteiger partial charge in [0.2, 0.25) is 6.41 Å². The van der Waals surface area contributed by atoms with Crippen molar-refractivity contribution in [3.63, 3.8) is 0 Å². The smallest absolute Gasteiger partial charge is 0.251 e. The van der Waals surface area contributed by atoms with Gasteiger partial charge >= 0.3 is 0 Å². The highest BCUT2D eigenvalue weighted by molar-refractivity contribution is 9.10. The van der Waals surface area contributed by atoms with E-state index in [9.17, 15) is 9.59 Å². The second kappa shape index (κ2) is 3.99. The summed E-state index contributed by atoms with van der Waals surface area (Å²) in [4.78, 5) is 24.7. The van der Waals surface area contributed by atoms with Gasteiger partial charge in [0.05, 0.1) is 21.9 Å². The largest absolute Gasteiger partial charge is 0.366 e. The van der Waals surface area contributed by atoms with Crippen molar-refractivity contribution in [2.24, 2.45) is 5.73 Å². The van der Waals surface area contributed by atoms with E-state index < -0.39 is 5.91 Å². The van der Waals surface area contributed by atoms with Gasteiger partial charge < -0.3 is 11.1 Å². The highest BCUT2D eigenvalue weighted by Gasteiger charge is 2.09. The van der Waals surface area contributed by atoms with Crippen LogP contribution in [0.3, 0.4) is 0 Å². The Morgan fingerprint density at radius 1 is 1.62 bits per heavy atom. The molecule has 0 aliphatic carbocycles. The number of nitrogens with one attached hydrogen (secondary N) is 1. The molecular weight excluding hydrogens is 238 g/mol. The maximum atomic E-state index is 10.8. The van der Waals surface area contributed by atoms with E-state index in [-0.39, 0.29) is 5.56 Å². The molecule has 0 saturated carbocycles. The molecule has 3 N–H and O–H groups in total. The van der Waals surface area contributed by atoms with Gasteiger partial charge in [0.25, 0.3) is 5.91 Å². The van der Waals surface area contributed by atoms with Gasteiger partial charge in [0.1, 0.15) is 0 Å². The van der Waals surface area contributed by atoms with E-state index in [1.165, 1.54) is 12.4 Å². The van der Waals surface area contributed by atoms with Crippen molar-refractivity contribution in [2.75, 3.05) is 5.32 Å². The predicted octanol–water partition coefficient (Wildman–Crippen LogP) is 0.511. The molecule has 1 heterocycles. The zero-order valence-electron chi connectivity index (χ0n) is 6.45. The van der Waals surface area contributed by atoms with Crippen LogP contribution in [0.4, 0.5) is 5.69 Å². The lowest BCUT2D eigenvalue weighted by Crippen LogP contribution is -2.13. The summed E-state index contributed by atoms with van der Waals surface area (Å²) in [6, 6.07) is 0. The Bertz CT molecular complexity index is 354. The third-order valence-electron chi connectivity index (χ3n) is 1.36. The number of pyridine rings is 1. The number of hydrogen-bond acceptors (Lipinski definition) is 3. The van der Waals surface area contributed by atoms with Crippen LogP contribution in [0.5, 0.6) is 0 Å². The first-order valence-corrected chi connectivity index (χ1v) is 4.09. The van der Waals surface area contributed by atoms with E-state index in [0.717, 1.165) is 0 Å². The van der Waals surface area contributed by atoms with Crippen LogP contribution in [0, 0.1) is 0 Å². The summed E-state index contributed by atoms with van der Waals surface area (Å²) in [7, 11) is 0. The first-order chi connectivity index (χ1) is 6.16. The number of nitrogens with two attached hydrogens (primary N) is 1. The van der Waals surface area contributed by atoms with Gasteiger partial charge in [-0.2, -0.15) is 0 Å². The molecule has 0 radical (unpaired) electrons. The van der Waals surface area contributed by atoms with E-state index >= 15 is 0 Å². The average Bonchev–Trinajstić information content (AvgIpc) is 2.08. The molecule has 0 aliphatic heterocycles. The number of nitrogens with zero attached hydrogens (tertiary/aromatic N) is 1. The number of hydrogen-bond donors (Lipinski definition) is 2. The lowest BCUT2D eigenvalue weighted by atomic mass is 10.2. The number of carbonyl (C=O) groups is 2. The Morgan fingerprint density at radius 3 is 2.85 bits per heavy atom. The molecule has 0 saturated heterocycles. The topological polar surface area (TPSA) is 85.1 Å². The molecular formula is C7H6BrN3O2. The maximum Gasteiger partial charge on any atom is 0.251 e. The molecule has 1 aromatic rings. The van der Waals surface area contributed by atoms with Crippen LogP contribution in [0.2, 0.25) is 0 Å². The maximum absolute atomic E-state index is 10.8. The van der Waals surface area contributed by atoms with E-state index in [1.54, 1.807) is 0 Å². The number of amides is 2. The summed E-state index contributed by atoms with van der Waals surface area (Å²) in [6.07, 6.45) is 3.22.